The van der Waals surface area contributed by atoms with Gasteiger partial charge in [0.25, 0.3) is 0 Å². The summed E-state index contributed by atoms with van der Waals surface area (Å²) in [7, 11) is 0. The highest BCUT2D eigenvalue weighted by atomic mass is 16.1. The molecule has 2 atom stereocenters. The van der Waals surface area contributed by atoms with Gasteiger partial charge in [0, 0.05) is 17.5 Å². The molecule has 0 aromatic carbocycles. The van der Waals surface area contributed by atoms with Gasteiger partial charge in [-0.3, -0.25) is 4.79 Å². The van der Waals surface area contributed by atoms with Gasteiger partial charge in [-0.2, -0.15) is 0 Å². The average Bonchev–Trinajstić information content (AvgIpc) is 2.21. The maximum absolute atomic E-state index is 12.0. The quantitative estimate of drug-likeness (QED) is 0.804. The number of rotatable bonds is 4. The lowest BCUT2D eigenvalue weighted by molar-refractivity contribution is -0.127. The molecule has 18 heavy (non-hydrogen) atoms. The molecular formula is C15H26N2O. The van der Waals surface area contributed by atoms with Crippen molar-refractivity contribution < 1.29 is 4.79 Å². The maximum atomic E-state index is 12.0. The lowest BCUT2D eigenvalue weighted by atomic mass is 9.50. The molecule has 3 heteroatoms. The number of carbonyl (C=O) groups is 1. The van der Waals surface area contributed by atoms with Gasteiger partial charge < -0.3 is 11.1 Å². The standard InChI is InChI=1S/C15H26N2O/c1-2-3-4-13(18)17-15-8-11-5-12(9-15)7-14(16,6-11)10-15/h11-12H,2-10,16H2,1H3,(H,17,18). The number of unbranched alkanes of at least 4 members (excludes halogenated alkanes) is 1. The van der Waals surface area contributed by atoms with Crippen molar-refractivity contribution in [2.75, 3.05) is 0 Å². The molecule has 0 aromatic heterocycles. The molecule has 3 nitrogen and oxygen atoms in total. The predicted molar refractivity (Wildman–Crippen MR) is 72.0 cm³/mol. The third kappa shape index (κ3) is 2.18. The minimum atomic E-state index is 0.0299. The number of nitrogens with two attached hydrogens (primary N) is 1. The Labute approximate surface area is 110 Å². The molecule has 102 valence electrons. The summed E-state index contributed by atoms with van der Waals surface area (Å²) < 4.78 is 0. The van der Waals surface area contributed by atoms with E-state index in [1.165, 1.54) is 32.1 Å². The summed E-state index contributed by atoms with van der Waals surface area (Å²) in [5, 5.41) is 3.37. The first kappa shape index (κ1) is 12.5. The zero-order valence-electron chi connectivity index (χ0n) is 11.5. The van der Waals surface area contributed by atoms with Crippen LogP contribution in [0.15, 0.2) is 0 Å². The van der Waals surface area contributed by atoms with Crippen molar-refractivity contribution >= 4 is 5.91 Å². The molecule has 0 heterocycles. The van der Waals surface area contributed by atoms with Gasteiger partial charge in [-0.15, -0.1) is 0 Å². The molecule has 0 spiro atoms. The molecule has 4 bridgehead atoms. The second-order valence-corrected chi connectivity index (χ2v) is 7.26. The second kappa shape index (κ2) is 4.22. The third-order valence-corrected chi connectivity index (χ3v) is 5.27. The highest BCUT2D eigenvalue weighted by molar-refractivity contribution is 5.76. The van der Waals surface area contributed by atoms with E-state index in [9.17, 15) is 4.79 Å². The Morgan fingerprint density at radius 2 is 1.94 bits per heavy atom. The number of amides is 1. The molecule has 4 rings (SSSR count). The van der Waals surface area contributed by atoms with Crippen LogP contribution in [0.2, 0.25) is 0 Å². The fraction of sp³-hybridized carbons (Fsp3) is 0.933. The van der Waals surface area contributed by atoms with Gasteiger partial charge in [-0.25, -0.2) is 0 Å². The molecule has 0 radical (unpaired) electrons. The van der Waals surface area contributed by atoms with Gasteiger partial charge >= 0.3 is 0 Å². The van der Waals surface area contributed by atoms with Gasteiger partial charge in [0.2, 0.25) is 5.91 Å². The summed E-state index contributed by atoms with van der Waals surface area (Å²) in [5.74, 6) is 1.79. The van der Waals surface area contributed by atoms with E-state index in [1.54, 1.807) is 0 Å². The van der Waals surface area contributed by atoms with Crippen LogP contribution in [0.1, 0.15) is 64.7 Å². The van der Waals surface area contributed by atoms with E-state index in [4.69, 9.17) is 5.73 Å². The summed E-state index contributed by atoms with van der Waals surface area (Å²) >= 11 is 0. The Hall–Kier alpha value is -0.570. The number of hydrogen-bond donors (Lipinski definition) is 2. The highest BCUT2D eigenvalue weighted by Crippen LogP contribution is 2.56. The first-order chi connectivity index (χ1) is 8.53. The van der Waals surface area contributed by atoms with E-state index in [1.807, 2.05) is 0 Å². The molecule has 4 saturated carbocycles. The van der Waals surface area contributed by atoms with Crippen LogP contribution in [0.3, 0.4) is 0 Å². The van der Waals surface area contributed by atoms with Crippen LogP contribution < -0.4 is 11.1 Å². The number of nitrogens with one attached hydrogen (secondary N) is 1. The molecule has 4 aliphatic carbocycles. The average molecular weight is 250 g/mol. The summed E-state index contributed by atoms with van der Waals surface area (Å²) in [6.07, 6.45) is 9.89. The van der Waals surface area contributed by atoms with Crippen molar-refractivity contribution in [3.8, 4) is 0 Å². The van der Waals surface area contributed by atoms with Crippen LogP contribution in [0.25, 0.3) is 0 Å². The van der Waals surface area contributed by atoms with Crippen LogP contribution in [-0.2, 0) is 4.79 Å². The normalized spacial score (nSPS) is 45.2. The first-order valence-electron chi connectivity index (χ1n) is 7.62. The fourth-order valence-corrected chi connectivity index (χ4v) is 5.18. The largest absolute Gasteiger partial charge is 0.351 e. The smallest absolute Gasteiger partial charge is 0.220 e. The first-order valence-corrected chi connectivity index (χ1v) is 7.62. The molecular weight excluding hydrogens is 224 g/mol. The predicted octanol–water partition coefficient (Wildman–Crippen LogP) is 2.34. The summed E-state index contributed by atoms with van der Waals surface area (Å²) in [6.45, 7) is 2.13. The van der Waals surface area contributed by atoms with Gasteiger partial charge in [-0.05, 0) is 56.8 Å². The zero-order chi connectivity index (χ0) is 12.8. The van der Waals surface area contributed by atoms with Crippen LogP contribution >= 0.6 is 0 Å². The summed E-state index contributed by atoms with van der Waals surface area (Å²) in [6, 6.07) is 0. The highest BCUT2D eigenvalue weighted by Gasteiger charge is 2.56. The van der Waals surface area contributed by atoms with Crippen molar-refractivity contribution in [3.63, 3.8) is 0 Å². The third-order valence-electron chi connectivity index (χ3n) is 5.27. The Morgan fingerprint density at radius 3 is 2.50 bits per heavy atom. The molecule has 0 saturated heterocycles. The van der Waals surface area contributed by atoms with E-state index < -0.39 is 0 Å². The van der Waals surface area contributed by atoms with E-state index in [0.717, 1.165) is 31.1 Å². The van der Waals surface area contributed by atoms with Crippen LogP contribution in [-0.4, -0.2) is 17.0 Å². The topological polar surface area (TPSA) is 55.1 Å². The summed E-state index contributed by atoms with van der Waals surface area (Å²) in [5.41, 5.74) is 6.62. The van der Waals surface area contributed by atoms with Crippen molar-refractivity contribution in [2.24, 2.45) is 17.6 Å². The minimum absolute atomic E-state index is 0.0299. The number of hydrogen-bond acceptors (Lipinski definition) is 2. The second-order valence-electron chi connectivity index (χ2n) is 7.26. The Bertz CT molecular complexity index is 338. The lowest BCUT2D eigenvalue weighted by Crippen LogP contribution is -2.68. The van der Waals surface area contributed by atoms with Crippen molar-refractivity contribution in [3.05, 3.63) is 0 Å². The van der Waals surface area contributed by atoms with Crippen LogP contribution in [0.4, 0.5) is 0 Å². The van der Waals surface area contributed by atoms with Crippen molar-refractivity contribution in [1.82, 2.24) is 5.32 Å². The molecule has 0 aromatic rings. The lowest BCUT2D eigenvalue weighted by Gasteiger charge is -2.61. The van der Waals surface area contributed by atoms with Crippen LogP contribution in [0, 0.1) is 11.8 Å². The van der Waals surface area contributed by atoms with Gasteiger partial charge in [-0.1, -0.05) is 13.3 Å². The molecule has 4 fully saturated rings. The number of carbonyl (C=O) groups excluding carboxylic acids is 1. The maximum Gasteiger partial charge on any atom is 0.220 e. The van der Waals surface area contributed by atoms with Gasteiger partial charge in [0.05, 0.1) is 0 Å². The van der Waals surface area contributed by atoms with Gasteiger partial charge in [0.1, 0.15) is 0 Å². The van der Waals surface area contributed by atoms with Crippen molar-refractivity contribution in [1.29, 1.82) is 0 Å². The van der Waals surface area contributed by atoms with E-state index in [2.05, 4.69) is 12.2 Å². The molecule has 4 aliphatic rings. The minimum Gasteiger partial charge on any atom is -0.351 e. The van der Waals surface area contributed by atoms with E-state index in [-0.39, 0.29) is 17.0 Å². The Morgan fingerprint density at radius 1 is 1.28 bits per heavy atom. The summed E-state index contributed by atoms with van der Waals surface area (Å²) in [4.78, 5) is 12.0. The Balaban J connectivity index is 1.69. The molecule has 0 aliphatic heterocycles. The van der Waals surface area contributed by atoms with E-state index >= 15 is 0 Å². The van der Waals surface area contributed by atoms with Crippen LogP contribution in [0.5, 0.6) is 0 Å². The molecule has 1 amide bonds. The van der Waals surface area contributed by atoms with Crippen molar-refractivity contribution in [2.45, 2.75) is 75.8 Å². The zero-order valence-corrected chi connectivity index (χ0v) is 11.5. The molecule has 3 N–H and O–H groups in total. The van der Waals surface area contributed by atoms with Gasteiger partial charge in [0.15, 0.2) is 0 Å². The monoisotopic (exact) mass is 250 g/mol. The molecule has 2 unspecified atom stereocenters. The SMILES string of the molecule is CCCCC(=O)NC12CC3CC(CC(N)(C3)C1)C2. The fourth-order valence-electron chi connectivity index (χ4n) is 5.18. The van der Waals surface area contributed by atoms with E-state index in [0.29, 0.717) is 6.42 Å². The Kier molecular flexibility index (Phi) is 2.92.